The van der Waals surface area contributed by atoms with Gasteiger partial charge in [-0.1, -0.05) is 12.1 Å². The van der Waals surface area contributed by atoms with Crippen LogP contribution in [-0.4, -0.2) is 41.5 Å². The predicted octanol–water partition coefficient (Wildman–Crippen LogP) is 4.78. The summed E-state index contributed by atoms with van der Waals surface area (Å²) >= 11 is 1.70. The molecule has 1 aliphatic rings. The zero-order valence-electron chi connectivity index (χ0n) is 16.6. The smallest absolute Gasteiger partial charge is 0.254 e. The van der Waals surface area contributed by atoms with E-state index in [0.717, 1.165) is 30.2 Å². The number of benzene rings is 1. The highest BCUT2D eigenvalue weighted by molar-refractivity contribution is 7.15. The van der Waals surface area contributed by atoms with Crippen molar-refractivity contribution in [3.8, 4) is 10.6 Å². The third-order valence-electron chi connectivity index (χ3n) is 5.25. The number of aryl methyl sites for hydroxylation is 2. The summed E-state index contributed by atoms with van der Waals surface area (Å²) in [4.78, 5) is 24.3. The summed E-state index contributed by atoms with van der Waals surface area (Å²) in [6.45, 7) is 8.68. The molecule has 28 heavy (non-hydrogen) atoms. The number of anilines is 1. The van der Waals surface area contributed by atoms with E-state index in [1.807, 2.05) is 17.0 Å². The Labute approximate surface area is 170 Å². The number of nitrogens with zero attached hydrogens (tertiary/aromatic N) is 3. The summed E-state index contributed by atoms with van der Waals surface area (Å²) in [7, 11) is 0. The van der Waals surface area contributed by atoms with Crippen LogP contribution in [0, 0.1) is 13.8 Å². The quantitative estimate of drug-likeness (QED) is 0.645. The van der Waals surface area contributed by atoms with E-state index in [1.165, 1.54) is 16.1 Å². The van der Waals surface area contributed by atoms with Gasteiger partial charge in [-0.25, -0.2) is 0 Å². The summed E-state index contributed by atoms with van der Waals surface area (Å²) in [5.74, 6) is 0.0904. The number of hydrogen-bond acceptors (Lipinski definition) is 4. The Hall–Kier alpha value is -2.66. The van der Waals surface area contributed by atoms with E-state index in [0.29, 0.717) is 5.56 Å². The van der Waals surface area contributed by atoms with Crippen molar-refractivity contribution in [2.24, 2.45) is 0 Å². The first kappa shape index (κ1) is 18.7. The third kappa shape index (κ3) is 3.80. The van der Waals surface area contributed by atoms with Gasteiger partial charge in [0.2, 0.25) is 0 Å². The molecule has 0 spiro atoms. The Bertz CT molecular complexity index is 997. The first-order valence-electron chi connectivity index (χ1n) is 9.67. The van der Waals surface area contributed by atoms with Gasteiger partial charge in [-0.15, -0.1) is 11.3 Å². The van der Waals surface area contributed by atoms with E-state index in [9.17, 15) is 4.79 Å². The maximum absolute atomic E-state index is 13.1. The molecule has 1 saturated heterocycles. The maximum atomic E-state index is 13.1. The molecule has 3 aromatic rings. The van der Waals surface area contributed by atoms with Crippen LogP contribution in [-0.2, 0) is 0 Å². The van der Waals surface area contributed by atoms with Gasteiger partial charge < -0.3 is 9.80 Å². The van der Waals surface area contributed by atoms with Gasteiger partial charge >= 0.3 is 0 Å². The molecule has 2 aromatic heterocycles. The van der Waals surface area contributed by atoms with Crippen molar-refractivity contribution in [2.45, 2.75) is 26.8 Å². The van der Waals surface area contributed by atoms with Crippen molar-refractivity contribution in [1.29, 1.82) is 0 Å². The molecule has 1 atom stereocenters. The molecule has 4 nitrogen and oxygen atoms in total. The fourth-order valence-corrected chi connectivity index (χ4v) is 4.62. The highest BCUT2D eigenvalue weighted by Crippen LogP contribution is 2.27. The monoisotopic (exact) mass is 391 g/mol. The van der Waals surface area contributed by atoms with Crippen molar-refractivity contribution < 1.29 is 4.79 Å². The van der Waals surface area contributed by atoms with Crippen LogP contribution in [0.15, 0.2) is 54.7 Å². The van der Waals surface area contributed by atoms with Gasteiger partial charge in [0.25, 0.3) is 5.91 Å². The second-order valence-corrected chi connectivity index (χ2v) is 8.76. The summed E-state index contributed by atoms with van der Waals surface area (Å²) < 4.78 is 0. The van der Waals surface area contributed by atoms with Crippen molar-refractivity contribution in [3.63, 3.8) is 0 Å². The van der Waals surface area contributed by atoms with Crippen LogP contribution in [0.3, 0.4) is 0 Å². The van der Waals surface area contributed by atoms with Gasteiger partial charge in [0.1, 0.15) is 0 Å². The number of pyridine rings is 1. The fraction of sp³-hybridized carbons (Fsp3) is 0.304. The minimum Gasteiger partial charge on any atom is -0.365 e. The molecule has 1 amide bonds. The molecule has 5 heteroatoms. The Balaban J connectivity index is 1.49. The van der Waals surface area contributed by atoms with Gasteiger partial charge in [0, 0.05) is 48.0 Å². The zero-order chi connectivity index (χ0) is 19.7. The van der Waals surface area contributed by atoms with Crippen molar-refractivity contribution >= 4 is 22.9 Å². The molecule has 4 rings (SSSR count). The second kappa shape index (κ2) is 7.76. The first-order valence-corrected chi connectivity index (χ1v) is 10.5. The molecule has 0 aliphatic carbocycles. The van der Waals surface area contributed by atoms with E-state index >= 15 is 0 Å². The van der Waals surface area contributed by atoms with Crippen LogP contribution in [0.1, 0.15) is 27.7 Å². The van der Waals surface area contributed by atoms with E-state index in [-0.39, 0.29) is 11.9 Å². The van der Waals surface area contributed by atoms with E-state index in [1.54, 1.807) is 17.5 Å². The lowest BCUT2D eigenvalue weighted by Gasteiger charge is -2.41. The lowest BCUT2D eigenvalue weighted by molar-refractivity contribution is 0.0726. The Morgan fingerprint density at radius 3 is 2.68 bits per heavy atom. The number of carbonyl (C=O) groups excluding carboxylic acids is 1. The third-order valence-corrected chi connectivity index (χ3v) is 6.27. The molecule has 0 bridgehead atoms. The number of piperazine rings is 1. The number of amides is 1. The largest absolute Gasteiger partial charge is 0.365 e. The number of aromatic nitrogens is 1. The molecule has 1 aromatic carbocycles. The summed E-state index contributed by atoms with van der Waals surface area (Å²) in [5.41, 5.74) is 4.08. The number of thiophene rings is 1. The highest BCUT2D eigenvalue weighted by atomic mass is 32.1. The molecule has 1 unspecified atom stereocenters. The molecule has 0 saturated carbocycles. The van der Waals surface area contributed by atoms with Crippen molar-refractivity contribution in [1.82, 2.24) is 9.88 Å². The normalized spacial score (nSPS) is 17.0. The van der Waals surface area contributed by atoms with Crippen LogP contribution < -0.4 is 4.90 Å². The minimum atomic E-state index is 0.0904. The first-order chi connectivity index (χ1) is 13.5. The van der Waals surface area contributed by atoms with Gasteiger partial charge in [-0.05, 0) is 62.7 Å². The molecule has 3 heterocycles. The van der Waals surface area contributed by atoms with Crippen LogP contribution in [0.25, 0.3) is 10.6 Å². The van der Waals surface area contributed by atoms with Crippen LogP contribution in [0.4, 0.5) is 5.69 Å². The summed E-state index contributed by atoms with van der Waals surface area (Å²) in [5, 5.41) is 0. The molecule has 144 valence electrons. The van der Waals surface area contributed by atoms with Crippen molar-refractivity contribution in [3.05, 3.63) is 70.7 Å². The summed E-state index contributed by atoms with van der Waals surface area (Å²) in [6.07, 6.45) is 1.74. The van der Waals surface area contributed by atoms with Crippen molar-refractivity contribution in [2.75, 3.05) is 24.5 Å². The lowest BCUT2D eigenvalue weighted by Crippen LogP contribution is -2.53. The average Bonchev–Trinajstić information content (AvgIpc) is 3.14. The fourth-order valence-electron chi connectivity index (χ4n) is 3.79. The van der Waals surface area contributed by atoms with Gasteiger partial charge in [-0.3, -0.25) is 9.78 Å². The lowest BCUT2D eigenvalue weighted by atomic mass is 10.1. The molecule has 0 N–H and O–H groups in total. The van der Waals surface area contributed by atoms with Crippen LogP contribution in [0.2, 0.25) is 0 Å². The average molecular weight is 392 g/mol. The maximum Gasteiger partial charge on any atom is 0.254 e. The van der Waals surface area contributed by atoms with E-state index in [2.05, 4.69) is 67.1 Å². The summed E-state index contributed by atoms with van der Waals surface area (Å²) in [6, 6.07) is 16.8. The Morgan fingerprint density at radius 2 is 1.96 bits per heavy atom. The van der Waals surface area contributed by atoms with Gasteiger partial charge in [0.05, 0.1) is 10.6 Å². The second-order valence-electron chi connectivity index (χ2n) is 7.47. The Morgan fingerprint density at radius 1 is 1.11 bits per heavy atom. The highest BCUT2D eigenvalue weighted by Gasteiger charge is 2.27. The van der Waals surface area contributed by atoms with Crippen LogP contribution >= 0.6 is 11.3 Å². The zero-order valence-corrected chi connectivity index (χ0v) is 17.4. The topological polar surface area (TPSA) is 36.4 Å². The number of carbonyl (C=O) groups is 1. The predicted molar refractivity (Wildman–Crippen MR) is 116 cm³/mol. The molecule has 1 fully saturated rings. The van der Waals surface area contributed by atoms with E-state index in [4.69, 9.17) is 0 Å². The van der Waals surface area contributed by atoms with Gasteiger partial charge in [0.15, 0.2) is 0 Å². The molecular formula is C23H25N3OS. The number of hydrogen-bond donors (Lipinski definition) is 0. The number of rotatable bonds is 3. The van der Waals surface area contributed by atoms with E-state index < -0.39 is 0 Å². The molecule has 1 aliphatic heterocycles. The minimum absolute atomic E-state index is 0.0904. The van der Waals surface area contributed by atoms with Gasteiger partial charge in [-0.2, -0.15) is 0 Å². The molecule has 0 radical (unpaired) electrons. The molecular weight excluding hydrogens is 366 g/mol. The van der Waals surface area contributed by atoms with Crippen LogP contribution in [0.5, 0.6) is 0 Å². The standard InChI is InChI=1S/C23H25N3OS/c1-16-5-4-6-20(13-16)26-12-11-25(15-17(26)2)23(27)19-9-10-24-21(14-19)22-8-7-18(3)28-22/h4-10,13-14,17H,11-12,15H2,1-3H3. The Kier molecular flexibility index (Phi) is 5.18. The SMILES string of the molecule is Cc1cccc(N2CCN(C(=O)c3ccnc(-c4ccc(C)s4)c3)CC2C)c1.